The van der Waals surface area contributed by atoms with Crippen LogP contribution in [0, 0.1) is 0 Å². The maximum absolute atomic E-state index is 13.0. The molecule has 2 aromatic carbocycles. The lowest BCUT2D eigenvalue weighted by Crippen LogP contribution is -2.40. The Hall–Kier alpha value is -2.64. The van der Waals surface area contributed by atoms with E-state index in [0.717, 1.165) is 14.9 Å². The molecule has 0 spiro atoms. The van der Waals surface area contributed by atoms with Gasteiger partial charge < -0.3 is 9.73 Å². The molecule has 8 heteroatoms. The van der Waals surface area contributed by atoms with E-state index in [1.54, 1.807) is 37.3 Å². The number of amides is 3. The molecule has 1 fully saturated rings. The fraction of sp³-hybridized carbons (Fsp3) is 0.150. The number of urea groups is 1. The molecule has 0 bridgehead atoms. The lowest BCUT2D eigenvalue weighted by Gasteiger charge is -2.22. The van der Waals surface area contributed by atoms with E-state index in [2.05, 4.69) is 26.2 Å². The highest BCUT2D eigenvalue weighted by Gasteiger charge is 2.49. The molecular weight excluding hydrogens is 446 g/mol. The zero-order chi connectivity index (χ0) is 19.9. The summed E-state index contributed by atoms with van der Waals surface area (Å²) in [6.45, 7) is 1.71. The summed E-state index contributed by atoms with van der Waals surface area (Å²) in [6, 6.07) is 13.9. The topological polar surface area (TPSA) is 75.4 Å². The molecule has 0 aliphatic carbocycles. The highest BCUT2D eigenvalue weighted by molar-refractivity contribution is 9.10. The van der Waals surface area contributed by atoms with Crippen molar-refractivity contribution in [1.29, 1.82) is 0 Å². The van der Waals surface area contributed by atoms with Crippen LogP contribution >= 0.6 is 27.5 Å². The largest absolute Gasteiger partial charge is 0.444 e. The zero-order valence-electron chi connectivity index (χ0n) is 14.8. The van der Waals surface area contributed by atoms with Crippen molar-refractivity contribution in [3.05, 3.63) is 75.5 Å². The van der Waals surface area contributed by atoms with Crippen molar-refractivity contribution in [2.24, 2.45) is 0 Å². The van der Waals surface area contributed by atoms with Gasteiger partial charge in [-0.15, -0.1) is 0 Å². The molecule has 1 aliphatic rings. The molecule has 4 rings (SSSR count). The smallest absolute Gasteiger partial charge is 0.325 e. The van der Waals surface area contributed by atoms with Gasteiger partial charge >= 0.3 is 6.03 Å². The van der Waals surface area contributed by atoms with Gasteiger partial charge in [-0.05, 0) is 48.9 Å². The molecule has 3 aromatic rings. The fourth-order valence-corrected chi connectivity index (χ4v) is 3.63. The van der Waals surface area contributed by atoms with Gasteiger partial charge in [-0.3, -0.25) is 9.69 Å². The van der Waals surface area contributed by atoms with Crippen LogP contribution in [-0.4, -0.2) is 21.8 Å². The normalized spacial score (nSPS) is 19.2. The lowest BCUT2D eigenvalue weighted by atomic mass is 9.92. The maximum Gasteiger partial charge on any atom is 0.325 e. The first-order valence-corrected chi connectivity index (χ1v) is 9.64. The average molecular weight is 461 g/mol. The minimum absolute atomic E-state index is 0.0192. The van der Waals surface area contributed by atoms with Gasteiger partial charge in [-0.1, -0.05) is 39.7 Å². The third-order valence-corrected chi connectivity index (χ3v) is 5.39. The van der Waals surface area contributed by atoms with E-state index in [-0.39, 0.29) is 12.5 Å². The summed E-state index contributed by atoms with van der Waals surface area (Å²) >= 11 is 9.29. The summed E-state index contributed by atoms with van der Waals surface area (Å²) < 4.78 is 6.32. The third kappa shape index (κ3) is 3.31. The molecular formula is C20H15BrClN3O3. The van der Waals surface area contributed by atoms with Crippen LogP contribution in [0.3, 0.4) is 0 Å². The van der Waals surface area contributed by atoms with Crippen LogP contribution in [0.5, 0.6) is 0 Å². The Morgan fingerprint density at radius 1 is 1.21 bits per heavy atom. The number of nitrogens with one attached hydrogen (secondary N) is 1. The van der Waals surface area contributed by atoms with Crippen LogP contribution < -0.4 is 5.32 Å². The van der Waals surface area contributed by atoms with E-state index >= 15 is 0 Å². The number of aromatic nitrogens is 1. The monoisotopic (exact) mass is 459 g/mol. The van der Waals surface area contributed by atoms with Crippen LogP contribution in [-0.2, 0) is 16.9 Å². The molecule has 142 valence electrons. The van der Waals surface area contributed by atoms with Crippen LogP contribution in [0.1, 0.15) is 18.2 Å². The van der Waals surface area contributed by atoms with Gasteiger partial charge in [0.25, 0.3) is 5.91 Å². The van der Waals surface area contributed by atoms with Crippen molar-refractivity contribution in [2.45, 2.75) is 19.0 Å². The number of imide groups is 1. The number of oxazole rings is 1. The van der Waals surface area contributed by atoms with Gasteiger partial charge in [0.15, 0.2) is 0 Å². The number of carbonyl (C=O) groups is 2. The second kappa shape index (κ2) is 7.07. The maximum atomic E-state index is 13.0. The Bertz CT molecular complexity index is 1070. The van der Waals surface area contributed by atoms with E-state index in [1.807, 2.05) is 18.2 Å². The molecule has 2 heterocycles. The highest BCUT2D eigenvalue weighted by atomic mass is 79.9. The Morgan fingerprint density at radius 3 is 2.68 bits per heavy atom. The first-order chi connectivity index (χ1) is 13.4. The van der Waals surface area contributed by atoms with Crippen molar-refractivity contribution in [3.63, 3.8) is 0 Å². The van der Waals surface area contributed by atoms with E-state index in [1.165, 1.54) is 6.26 Å². The van der Waals surface area contributed by atoms with Crippen LogP contribution in [0.15, 0.2) is 63.7 Å². The Balaban J connectivity index is 1.56. The minimum atomic E-state index is -1.14. The van der Waals surface area contributed by atoms with Gasteiger partial charge in [0.2, 0.25) is 5.89 Å². The van der Waals surface area contributed by atoms with Gasteiger partial charge in [0.05, 0.1) is 12.2 Å². The van der Waals surface area contributed by atoms with Crippen LogP contribution in [0.4, 0.5) is 4.79 Å². The standard InChI is InChI=1S/C20H15BrClN3O3/c1-20(13-3-2-4-14(21)9-13)18(26)25(19(27)24-20)10-16-11-28-17(23-16)12-5-7-15(22)8-6-12/h2-9,11H,10H2,1H3,(H,24,27). The number of hydrogen-bond donors (Lipinski definition) is 1. The summed E-state index contributed by atoms with van der Waals surface area (Å²) in [5, 5.41) is 3.39. The Morgan fingerprint density at radius 2 is 1.96 bits per heavy atom. The predicted octanol–water partition coefficient (Wildman–Crippen LogP) is 4.72. The average Bonchev–Trinajstić information content (AvgIpc) is 3.22. The summed E-state index contributed by atoms with van der Waals surface area (Å²) in [5.74, 6) is 0.0557. The number of benzene rings is 2. The van der Waals surface area contributed by atoms with Crippen molar-refractivity contribution in [1.82, 2.24) is 15.2 Å². The molecule has 0 saturated carbocycles. The molecule has 1 N–H and O–H groups in total. The molecule has 6 nitrogen and oxygen atoms in total. The molecule has 0 radical (unpaired) electrons. The number of halogens is 2. The highest BCUT2D eigenvalue weighted by Crippen LogP contribution is 2.31. The van der Waals surface area contributed by atoms with Gasteiger partial charge in [0.1, 0.15) is 11.8 Å². The SMILES string of the molecule is CC1(c2cccc(Br)c2)NC(=O)N(Cc2coc(-c3ccc(Cl)cc3)n2)C1=O. The molecule has 1 saturated heterocycles. The lowest BCUT2D eigenvalue weighted by molar-refractivity contribution is -0.131. The quantitative estimate of drug-likeness (QED) is 0.571. The van der Waals surface area contributed by atoms with E-state index in [9.17, 15) is 9.59 Å². The summed E-state index contributed by atoms with van der Waals surface area (Å²) in [4.78, 5) is 31.0. The van der Waals surface area contributed by atoms with Crippen LogP contribution in [0.25, 0.3) is 11.5 Å². The van der Waals surface area contributed by atoms with E-state index in [4.69, 9.17) is 16.0 Å². The summed E-state index contributed by atoms with van der Waals surface area (Å²) in [6.07, 6.45) is 1.44. The number of rotatable bonds is 4. The van der Waals surface area contributed by atoms with Gasteiger partial charge in [-0.25, -0.2) is 9.78 Å². The molecule has 1 aromatic heterocycles. The second-order valence-corrected chi connectivity index (χ2v) is 7.96. The molecule has 3 amide bonds. The summed E-state index contributed by atoms with van der Waals surface area (Å²) in [5.41, 5.74) is 0.798. The zero-order valence-corrected chi connectivity index (χ0v) is 17.1. The van der Waals surface area contributed by atoms with E-state index < -0.39 is 11.6 Å². The predicted molar refractivity (Wildman–Crippen MR) is 108 cm³/mol. The van der Waals surface area contributed by atoms with Crippen molar-refractivity contribution < 1.29 is 14.0 Å². The van der Waals surface area contributed by atoms with Crippen LogP contribution in [0.2, 0.25) is 5.02 Å². The third-order valence-electron chi connectivity index (χ3n) is 4.64. The molecule has 1 unspecified atom stereocenters. The minimum Gasteiger partial charge on any atom is -0.444 e. The van der Waals surface area contributed by atoms with Crippen molar-refractivity contribution >= 4 is 39.5 Å². The first kappa shape index (κ1) is 18.7. The molecule has 28 heavy (non-hydrogen) atoms. The van der Waals surface area contributed by atoms with Gasteiger partial charge in [-0.2, -0.15) is 0 Å². The Labute approximate surface area is 174 Å². The molecule has 1 aliphatic heterocycles. The Kier molecular flexibility index (Phi) is 4.72. The number of carbonyl (C=O) groups excluding carboxylic acids is 2. The number of hydrogen-bond acceptors (Lipinski definition) is 4. The summed E-state index contributed by atoms with van der Waals surface area (Å²) in [7, 11) is 0. The van der Waals surface area contributed by atoms with Gasteiger partial charge in [0, 0.05) is 15.1 Å². The van der Waals surface area contributed by atoms with Crippen molar-refractivity contribution in [2.75, 3.05) is 0 Å². The fourth-order valence-electron chi connectivity index (χ4n) is 3.10. The van der Waals surface area contributed by atoms with E-state index in [0.29, 0.717) is 22.2 Å². The molecule has 1 atom stereocenters. The number of nitrogens with zero attached hydrogens (tertiary/aromatic N) is 2. The first-order valence-electron chi connectivity index (χ1n) is 8.47. The van der Waals surface area contributed by atoms with Crippen molar-refractivity contribution in [3.8, 4) is 11.5 Å². The second-order valence-electron chi connectivity index (χ2n) is 6.61.